The Morgan fingerprint density at radius 1 is 0.596 bits per heavy atom. The van der Waals surface area contributed by atoms with Gasteiger partial charge in [0.2, 0.25) is 5.91 Å². The molecule has 0 aromatic carbocycles. The molecule has 0 saturated carbocycles. The van der Waals surface area contributed by atoms with Crippen molar-refractivity contribution in [3.05, 3.63) is 60.8 Å². The zero-order chi connectivity index (χ0) is 42.1. The summed E-state index contributed by atoms with van der Waals surface area (Å²) in [6, 6.07) is -0.807. The number of aliphatic hydroxyl groups excluding tert-OH is 1. The molecule has 0 aromatic heterocycles. The van der Waals surface area contributed by atoms with Gasteiger partial charge in [-0.1, -0.05) is 164 Å². The van der Waals surface area contributed by atoms with E-state index in [0.717, 1.165) is 51.4 Å². The number of nitrogens with one attached hydrogen (secondary N) is 1. The molecule has 8 nitrogen and oxygen atoms in total. The predicted octanol–water partition coefficient (Wildman–Crippen LogP) is 13.0. The number of phosphoric ester groups is 1. The van der Waals surface area contributed by atoms with Gasteiger partial charge in [-0.2, -0.15) is 0 Å². The van der Waals surface area contributed by atoms with Crippen LogP contribution in [0.5, 0.6) is 0 Å². The summed E-state index contributed by atoms with van der Waals surface area (Å²) in [6.07, 6.45) is 51.2. The van der Waals surface area contributed by atoms with E-state index in [9.17, 15) is 19.4 Å². The minimum Gasteiger partial charge on any atom is -0.391 e. The lowest BCUT2D eigenvalue weighted by Gasteiger charge is -2.26. The topological polar surface area (TPSA) is 105 Å². The van der Waals surface area contributed by atoms with Crippen LogP contribution in [-0.2, 0) is 18.4 Å². The maximum atomic E-state index is 12.9. The molecule has 0 heterocycles. The van der Waals surface area contributed by atoms with E-state index in [2.05, 4.69) is 79.9 Å². The Bertz CT molecular complexity index is 1110. The van der Waals surface area contributed by atoms with E-state index in [1.54, 1.807) is 0 Å². The number of unbranched alkanes of at least 4 members (excludes halogenated alkanes) is 18. The lowest BCUT2D eigenvalue weighted by atomic mass is 10.0. The van der Waals surface area contributed by atoms with Gasteiger partial charge in [0.1, 0.15) is 13.2 Å². The van der Waals surface area contributed by atoms with E-state index >= 15 is 0 Å². The molecule has 1 unspecified atom stereocenters. The molecule has 0 spiro atoms. The third-order valence-corrected chi connectivity index (χ3v) is 11.0. The fourth-order valence-electron chi connectivity index (χ4n) is 6.27. The smallest absolute Gasteiger partial charge is 0.391 e. The number of carbonyl (C=O) groups excluding carboxylic acids is 1. The number of nitrogens with zero attached hydrogens (tertiary/aromatic N) is 1. The molecular weight excluding hydrogens is 732 g/mol. The molecule has 3 atom stereocenters. The minimum absolute atomic E-state index is 0.0566. The third kappa shape index (κ3) is 42.1. The quantitative estimate of drug-likeness (QED) is 0.0245. The molecule has 0 aromatic rings. The summed E-state index contributed by atoms with van der Waals surface area (Å²) in [5.74, 6) is -0.210. The average Bonchev–Trinajstić information content (AvgIpc) is 3.16. The molecule has 0 fully saturated rings. The highest BCUT2D eigenvalue weighted by molar-refractivity contribution is 7.47. The summed E-state index contributed by atoms with van der Waals surface area (Å²) in [5.41, 5.74) is 0. The number of quaternary nitrogens is 1. The summed E-state index contributed by atoms with van der Waals surface area (Å²) in [4.78, 5) is 23.1. The van der Waals surface area contributed by atoms with Crippen LogP contribution in [0.25, 0.3) is 0 Å². The number of likely N-dealkylation sites (N-methyl/N-ethyl adjacent to an activating group) is 1. The van der Waals surface area contributed by atoms with Crippen molar-refractivity contribution in [3.63, 3.8) is 0 Å². The van der Waals surface area contributed by atoms with E-state index in [1.807, 2.05) is 21.1 Å². The second-order valence-electron chi connectivity index (χ2n) is 16.8. The van der Waals surface area contributed by atoms with Crippen molar-refractivity contribution in [3.8, 4) is 0 Å². The average molecular weight is 822 g/mol. The second kappa shape index (κ2) is 39.6. The minimum atomic E-state index is -4.34. The van der Waals surface area contributed by atoms with Gasteiger partial charge >= 0.3 is 7.82 Å². The Hall–Kier alpha value is -1.80. The van der Waals surface area contributed by atoms with Crippen LogP contribution >= 0.6 is 7.82 Å². The number of rotatable bonds is 41. The largest absolute Gasteiger partial charge is 0.472 e. The van der Waals surface area contributed by atoms with Gasteiger partial charge in [0, 0.05) is 6.42 Å². The first-order valence-corrected chi connectivity index (χ1v) is 24.6. The molecule has 3 N–H and O–H groups in total. The normalized spacial score (nSPS) is 14.9. The molecule has 0 aliphatic carbocycles. The summed E-state index contributed by atoms with van der Waals surface area (Å²) in [7, 11) is 1.56. The lowest BCUT2D eigenvalue weighted by Crippen LogP contribution is -2.46. The standard InChI is InChI=1S/C48H89N2O6P/c1-6-8-10-12-14-16-18-20-22-23-24-25-26-27-28-30-32-34-36-38-40-42-48(52)49-46(45-56-57(53,54)55-44-43-50(3,4)5)47(51)41-39-37-35-33-31-29-21-19-17-15-13-11-9-7-2/h22-23,25-26,28,30-31,33-34,36,46-47,51H,6-21,24,27,29,32,35,37-45H2,1-5H3,(H-,49,52,53,54)/p+1/b23-22+,26-25+,30-28+,33-31+,36-34+/t46-,47+/m0/s1. The van der Waals surface area contributed by atoms with Gasteiger partial charge in [-0.3, -0.25) is 13.8 Å². The van der Waals surface area contributed by atoms with E-state index in [4.69, 9.17) is 9.05 Å². The Kier molecular flexibility index (Phi) is 38.4. The summed E-state index contributed by atoms with van der Waals surface area (Å²) in [6.45, 7) is 4.80. The number of allylic oxidation sites excluding steroid dienone is 10. The van der Waals surface area contributed by atoms with Crippen molar-refractivity contribution in [2.45, 2.75) is 199 Å². The molecule has 0 aliphatic rings. The SMILES string of the molecule is CCCCCCCCC/C=C/C/C=C/C/C=C/C/C=C/CCCC(=O)N[C@@H](COP(=O)(O)OCC[N+](C)(C)C)[C@H](O)CCCC/C=C/CCCCCCCCCC. The van der Waals surface area contributed by atoms with Crippen LogP contribution in [0.2, 0.25) is 0 Å². The molecule has 9 heteroatoms. The fourth-order valence-corrected chi connectivity index (χ4v) is 7.00. The molecular formula is C48H90N2O6P+. The number of hydrogen-bond acceptors (Lipinski definition) is 5. The molecule has 0 radical (unpaired) electrons. The molecule has 1 amide bonds. The summed E-state index contributed by atoms with van der Waals surface area (Å²) >= 11 is 0. The number of amides is 1. The van der Waals surface area contributed by atoms with Gasteiger partial charge < -0.3 is 19.8 Å². The van der Waals surface area contributed by atoms with Gasteiger partial charge in [-0.15, -0.1) is 0 Å². The lowest BCUT2D eigenvalue weighted by molar-refractivity contribution is -0.870. The van der Waals surface area contributed by atoms with Crippen LogP contribution in [-0.4, -0.2) is 73.4 Å². The molecule has 332 valence electrons. The fraction of sp³-hybridized carbons (Fsp3) is 0.771. The van der Waals surface area contributed by atoms with Crippen molar-refractivity contribution in [1.82, 2.24) is 5.32 Å². The van der Waals surface area contributed by atoms with Crippen molar-refractivity contribution >= 4 is 13.7 Å². The number of aliphatic hydroxyl groups is 1. The number of phosphoric acid groups is 1. The van der Waals surface area contributed by atoms with Crippen molar-refractivity contribution in [1.29, 1.82) is 0 Å². The highest BCUT2D eigenvalue weighted by Gasteiger charge is 2.28. The zero-order valence-corrected chi connectivity index (χ0v) is 38.5. The highest BCUT2D eigenvalue weighted by Crippen LogP contribution is 2.43. The molecule has 0 saturated heterocycles. The maximum Gasteiger partial charge on any atom is 0.472 e. The van der Waals surface area contributed by atoms with E-state index in [1.165, 1.54) is 103 Å². The Morgan fingerprint density at radius 2 is 1.00 bits per heavy atom. The van der Waals surface area contributed by atoms with E-state index in [0.29, 0.717) is 30.3 Å². The first-order valence-electron chi connectivity index (χ1n) is 23.2. The first-order chi connectivity index (χ1) is 27.5. The molecule has 0 bridgehead atoms. The van der Waals surface area contributed by atoms with Gasteiger partial charge in [0.25, 0.3) is 0 Å². The third-order valence-electron chi connectivity index (χ3n) is 9.99. The Morgan fingerprint density at radius 3 is 1.47 bits per heavy atom. The zero-order valence-electron chi connectivity index (χ0n) is 37.6. The van der Waals surface area contributed by atoms with Gasteiger partial charge in [0.05, 0.1) is 39.9 Å². The molecule has 57 heavy (non-hydrogen) atoms. The Labute approximate surface area is 351 Å². The number of carbonyl (C=O) groups is 1. The second-order valence-corrected chi connectivity index (χ2v) is 18.2. The van der Waals surface area contributed by atoms with Crippen molar-refractivity contribution in [2.75, 3.05) is 40.9 Å². The van der Waals surface area contributed by atoms with Crippen LogP contribution in [0.3, 0.4) is 0 Å². The van der Waals surface area contributed by atoms with Crippen LogP contribution in [0.1, 0.15) is 187 Å². The predicted molar refractivity (Wildman–Crippen MR) is 244 cm³/mol. The van der Waals surface area contributed by atoms with Crippen molar-refractivity contribution in [2.24, 2.45) is 0 Å². The van der Waals surface area contributed by atoms with Crippen molar-refractivity contribution < 1.29 is 32.9 Å². The summed E-state index contributed by atoms with van der Waals surface area (Å²) < 4.78 is 23.6. The van der Waals surface area contributed by atoms with Gasteiger partial charge in [-0.05, 0) is 77.0 Å². The van der Waals surface area contributed by atoms with Gasteiger partial charge in [-0.25, -0.2) is 4.57 Å². The van der Waals surface area contributed by atoms with Crippen LogP contribution in [0.15, 0.2) is 60.8 Å². The van der Waals surface area contributed by atoms with E-state index in [-0.39, 0.29) is 19.1 Å². The molecule has 0 rings (SSSR count). The van der Waals surface area contributed by atoms with Crippen LogP contribution < -0.4 is 5.32 Å². The number of hydrogen-bond donors (Lipinski definition) is 3. The van der Waals surface area contributed by atoms with E-state index < -0.39 is 20.0 Å². The maximum absolute atomic E-state index is 12.9. The first kappa shape index (κ1) is 55.2. The Balaban J connectivity index is 4.48. The highest BCUT2D eigenvalue weighted by atomic mass is 31.2. The monoisotopic (exact) mass is 822 g/mol. The molecule has 0 aliphatic heterocycles. The summed E-state index contributed by atoms with van der Waals surface area (Å²) in [5, 5.41) is 13.9. The van der Waals surface area contributed by atoms with Crippen LogP contribution in [0, 0.1) is 0 Å². The van der Waals surface area contributed by atoms with Gasteiger partial charge in [0.15, 0.2) is 0 Å². The van der Waals surface area contributed by atoms with Crippen LogP contribution in [0.4, 0.5) is 0 Å².